The molecule has 0 fully saturated rings. The minimum Gasteiger partial charge on any atom is -1.00 e. The highest BCUT2D eigenvalue weighted by atomic mass is 35.5. The van der Waals surface area contributed by atoms with E-state index in [1.165, 1.54) is 70.6 Å². The molecule has 0 amide bonds. The number of hydrogen-bond acceptors (Lipinski definition) is 2. The second-order valence-electron chi connectivity index (χ2n) is 6.52. The lowest BCUT2D eigenvalue weighted by Crippen LogP contribution is -3.00. The van der Waals surface area contributed by atoms with Crippen LogP contribution in [0.25, 0.3) is 0 Å². The highest BCUT2D eigenvalue weighted by molar-refractivity contribution is 5.63. The maximum Gasteiger partial charge on any atom is 0.0647 e. The van der Waals surface area contributed by atoms with Gasteiger partial charge in [0.2, 0.25) is 0 Å². The molecule has 156 valence electrons. The normalized spacial score (nSPS) is 9.16. The van der Waals surface area contributed by atoms with E-state index in [0.717, 1.165) is 12.8 Å². The summed E-state index contributed by atoms with van der Waals surface area (Å²) in [5.74, 6) is -0.905. The molecule has 0 saturated carbocycles. The molecule has 0 aromatic heterocycles. The first-order valence-electron chi connectivity index (χ1n) is 10.3. The van der Waals surface area contributed by atoms with Gasteiger partial charge in [-0.05, 0) is 12.8 Å². The zero-order valence-electron chi connectivity index (χ0n) is 17.7. The molecule has 0 aromatic rings. The van der Waals surface area contributed by atoms with Crippen LogP contribution in [0.15, 0.2) is 0 Å². The fourth-order valence-electron chi connectivity index (χ4n) is 2.29. The number of aliphatic carboxylic acids is 1. The Labute approximate surface area is 164 Å². The van der Waals surface area contributed by atoms with Gasteiger partial charge in [-0.2, -0.15) is 0 Å². The second kappa shape index (κ2) is 34.9. The molecule has 5 heteroatoms. The number of quaternary nitrogens is 2. The number of carbonyl (C=O) groups is 1. The summed E-state index contributed by atoms with van der Waals surface area (Å²) in [5.41, 5.74) is 0. The Bertz CT molecular complexity index is 216. The second-order valence-corrected chi connectivity index (χ2v) is 6.52. The van der Waals surface area contributed by atoms with Gasteiger partial charge in [-0.3, -0.25) is 0 Å². The quantitative estimate of drug-likeness (QED) is 0.372. The topological polar surface area (TPSA) is 73.3 Å². The maximum atomic E-state index is 10.2. The summed E-state index contributed by atoms with van der Waals surface area (Å²) >= 11 is 0. The highest BCUT2D eigenvalue weighted by Gasteiger charge is 1.93. The molecule has 0 radical (unpaired) electrons. The minimum absolute atomic E-state index is 0. The standard InChI is InChI=1S/C16H32O2.2C2H7N.ClH/c1-2-3-4-5-6-7-8-9-10-11-12-13-14-15-16(17)18;2*1-3-2;/h2-15H2,1H3,(H,17,18);2*3H,1-2H3;1H. The Hall–Kier alpha value is -0.320. The van der Waals surface area contributed by atoms with Crippen LogP contribution in [0, 0.1) is 0 Å². The molecule has 4 N–H and O–H groups in total. The van der Waals surface area contributed by atoms with Crippen molar-refractivity contribution >= 4 is 5.97 Å². The third kappa shape index (κ3) is 51.6. The van der Waals surface area contributed by atoms with Crippen molar-refractivity contribution in [3.05, 3.63) is 0 Å². The van der Waals surface area contributed by atoms with E-state index in [0.29, 0.717) is 0 Å². The van der Waals surface area contributed by atoms with E-state index in [1.807, 2.05) is 38.8 Å². The van der Waals surface area contributed by atoms with Crippen LogP contribution in [0.2, 0.25) is 0 Å². The molecule has 0 bridgehead atoms. The van der Waals surface area contributed by atoms with Crippen molar-refractivity contribution in [2.75, 3.05) is 28.2 Å². The van der Waals surface area contributed by atoms with E-state index < -0.39 is 5.97 Å². The lowest BCUT2D eigenvalue weighted by molar-refractivity contribution is -0.597. The van der Waals surface area contributed by atoms with Gasteiger partial charge in [0.25, 0.3) is 0 Å². The Morgan fingerprint density at radius 1 is 0.640 bits per heavy atom. The number of carbonyl (C=O) groups excluding carboxylic acids is 1. The molecule has 0 aromatic carbocycles. The lowest BCUT2D eigenvalue weighted by Gasteiger charge is -2.03. The fourth-order valence-corrected chi connectivity index (χ4v) is 2.29. The van der Waals surface area contributed by atoms with E-state index in [4.69, 9.17) is 0 Å². The van der Waals surface area contributed by atoms with Crippen LogP contribution >= 0.6 is 0 Å². The van der Waals surface area contributed by atoms with Crippen molar-refractivity contribution in [1.82, 2.24) is 0 Å². The molecule has 0 atom stereocenters. The average molecular weight is 383 g/mol. The van der Waals surface area contributed by atoms with Gasteiger partial charge in [0.15, 0.2) is 0 Å². The van der Waals surface area contributed by atoms with Crippen molar-refractivity contribution in [2.45, 2.75) is 96.8 Å². The van der Waals surface area contributed by atoms with Gasteiger partial charge in [0.1, 0.15) is 0 Å². The van der Waals surface area contributed by atoms with Crippen molar-refractivity contribution in [1.29, 1.82) is 0 Å². The van der Waals surface area contributed by atoms with Gasteiger partial charge in [-0.25, -0.2) is 0 Å². The molecule has 25 heavy (non-hydrogen) atoms. The molecule has 0 spiro atoms. The van der Waals surface area contributed by atoms with E-state index in [1.54, 1.807) is 0 Å². The SMILES string of the molecule is CCCCCCCCCCCCCCCC(=O)[O-].C[NH2+]C.C[NH2+]C.[Cl-]. The summed E-state index contributed by atoms with van der Waals surface area (Å²) in [7, 11) is 8.00. The Balaban J connectivity index is -0.000000274. The average Bonchev–Trinajstić information content (AvgIpc) is 2.53. The smallest absolute Gasteiger partial charge is 0.0647 e. The predicted octanol–water partition coefficient (Wildman–Crippen LogP) is -1.16. The summed E-state index contributed by atoms with van der Waals surface area (Å²) in [5, 5.41) is 14.2. The van der Waals surface area contributed by atoms with Gasteiger partial charge in [-0.15, -0.1) is 0 Å². The molecule has 0 unspecified atom stereocenters. The molecule has 0 rings (SSSR count). The predicted molar refractivity (Wildman–Crippen MR) is 103 cm³/mol. The van der Waals surface area contributed by atoms with Gasteiger partial charge in [0, 0.05) is 5.97 Å². The van der Waals surface area contributed by atoms with Crippen LogP contribution in [-0.2, 0) is 4.79 Å². The first kappa shape index (κ1) is 32.4. The minimum atomic E-state index is -0.905. The van der Waals surface area contributed by atoms with Crippen molar-refractivity contribution in [3.8, 4) is 0 Å². The van der Waals surface area contributed by atoms with E-state index >= 15 is 0 Å². The first-order valence-corrected chi connectivity index (χ1v) is 10.3. The number of carboxylic acid groups (broad SMARTS) is 1. The van der Waals surface area contributed by atoms with Crippen LogP contribution in [0.5, 0.6) is 0 Å². The van der Waals surface area contributed by atoms with Crippen LogP contribution in [-0.4, -0.2) is 34.2 Å². The van der Waals surface area contributed by atoms with Crippen molar-refractivity contribution in [2.24, 2.45) is 0 Å². The largest absolute Gasteiger partial charge is 1.00 e. The number of halogens is 1. The van der Waals surface area contributed by atoms with Gasteiger partial charge in [-0.1, -0.05) is 84.0 Å². The Kier molecular flexibility index (Phi) is 45.2. The van der Waals surface area contributed by atoms with Gasteiger partial charge in [0.05, 0.1) is 28.2 Å². The van der Waals surface area contributed by atoms with E-state index in [9.17, 15) is 9.90 Å². The Morgan fingerprint density at radius 3 is 1.12 bits per heavy atom. The van der Waals surface area contributed by atoms with E-state index in [-0.39, 0.29) is 18.8 Å². The van der Waals surface area contributed by atoms with Crippen LogP contribution in [0.3, 0.4) is 0 Å². The van der Waals surface area contributed by atoms with Crippen molar-refractivity contribution in [3.63, 3.8) is 0 Å². The summed E-state index contributed by atoms with van der Waals surface area (Å²) in [6, 6.07) is 0. The van der Waals surface area contributed by atoms with Crippen LogP contribution < -0.4 is 28.1 Å². The summed E-state index contributed by atoms with van der Waals surface area (Å²) in [6.45, 7) is 2.26. The molecule has 0 aliphatic rings. The first-order chi connectivity index (χ1) is 11.6. The molecular formula is C20H47ClN2O2. The molecule has 0 saturated heterocycles. The molecule has 4 nitrogen and oxygen atoms in total. The summed E-state index contributed by atoms with van der Waals surface area (Å²) in [4.78, 5) is 10.2. The van der Waals surface area contributed by atoms with Crippen LogP contribution in [0.4, 0.5) is 0 Å². The van der Waals surface area contributed by atoms with Crippen molar-refractivity contribution < 1.29 is 32.9 Å². The number of unbranched alkanes of at least 4 members (excludes halogenated alkanes) is 12. The fraction of sp³-hybridized carbons (Fsp3) is 0.950. The molecule has 0 aliphatic carbocycles. The number of nitrogens with two attached hydrogens (primary N) is 2. The Morgan fingerprint density at radius 2 is 0.880 bits per heavy atom. The third-order valence-electron chi connectivity index (χ3n) is 3.48. The molecular weight excluding hydrogens is 336 g/mol. The highest BCUT2D eigenvalue weighted by Crippen LogP contribution is 2.12. The number of carboxylic acids is 1. The molecule has 0 heterocycles. The van der Waals surface area contributed by atoms with Gasteiger partial charge < -0.3 is 32.9 Å². The monoisotopic (exact) mass is 382 g/mol. The number of rotatable bonds is 14. The van der Waals surface area contributed by atoms with Gasteiger partial charge >= 0.3 is 0 Å². The maximum absolute atomic E-state index is 10.2. The summed E-state index contributed by atoms with van der Waals surface area (Å²) in [6.07, 6.45) is 16.9. The zero-order chi connectivity index (χ0) is 18.9. The number of hydrogen-bond donors (Lipinski definition) is 2. The zero-order valence-corrected chi connectivity index (χ0v) is 18.5. The van der Waals surface area contributed by atoms with Crippen LogP contribution in [0.1, 0.15) is 96.8 Å². The summed E-state index contributed by atoms with van der Waals surface area (Å²) < 4.78 is 0. The third-order valence-corrected chi connectivity index (χ3v) is 3.48. The van der Waals surface area contributed by atoms with E-state index in [2.05, 4.69) is 6.92 Å². The lowest BCUT2D eigenvalue weighted by atomic mass is 10.0. The molecule has 0 aliphatic heterocycles.